The lowest BCUT2D eigenvalue weighted by molar-refractivity contribution is -0.138. The predicted molar refractivity (Wildman–Crippen MR) is 102 cm³/mol. The number of aromatic amines is 1. The van der Waals surface area contributed by atoms with E-state index in [2.05, 4.69) is 24.1 Å². The Hall–Kier alpha value is -1.99. The highest BCUT2D eigenvalue weighted by atomic mass is 32.1. The fourth-order valence-electron chi connectivity index (χ4n) is 4.48. The molecule has 6 nitrogen and oxygen atoms in total. The first-order chi connectivity index (χ1) is 12.4. The van der Waals surface area contributed by atoms with E-state index < -0.39 is 0 Å². The summed E-state index contributed by atoms with van der Waals surface area (Å²) in [5.41, 5.74) is 0.505. The quantitative estimate of drug-likeness (QED) is 0.807. The van der Waals surface area contributed by atoms with E-state index in [0.29, 0.717) is 21.6 Å². The molecule has 1 aliphatic heterocycles. The van der Waals surface area contributed by atoms with Crippen molar-refractivity contribution < 1.29 is 9.53 Å². The molecule has 3 atom stereocenters. The van der Waals surface area contributed by atoms with Gasteiger partial charge in [-0.2, -0.15) is 0 Å². The standard InChI is InChI=1S/C19H23N3O3S/c1-19(2)15(12-8-10-25-16(12)19)21-14(23)7-9-22-17(24)11-5-3-4-6-13(11)20-18(22)26/h3-6,12,15-16H,7-10H2,1-2H3,(H,20,26)(H,21,23)/t12-,15-,16-/m1/s1. The molecule has 2 fully saturated rings. The average molecular weight is 373 g/mol. The Morgan fingerprint density at radius 2 is 2.19 bits per heavy atom. The Labute approximate surface area is 156 Å². The van der Waals surface area contributed by atoms with Crippen molar-refractivity contribution >= 4 is 29.0 Å². The van der Waals surface area contributed by atoms with E-state index in [1.54, 1.807) is 6.07 Å². The van der Waals surface area contributed by atoms with Crippen molar-refractivity contribution in [3.63, 3.8) is 0 Å². The number of benzene rings is 1. The molecule has 1 aromatic carbocycles. The summed E-state index contributed by atoms with van der Waals surface area (Å²) in [6.07, 6.45) is 1.46. The van der Waals surface area contributed by atoms with Gasteiger partial charge in [-0.3, -0.25) is 14.2 Å². The minimum atomic E-state index is -0.162. The van der Waals surface area contributed by atoms with Crippen molar-refractivity contribution in [2.24, 2.45) is 11.3 Å². The second-order valence-corrected chi connectivity index (χ2v) is 8.18. The van der Waals surface area contributed by atoms with Gasteiger partial charge in [-0.1, -0.05) is 26.0 Å². The van der Waals surface area contributed by atoms with E-state index >= 15 is 0 Å². The fourth-order valence-corrected chi connectivity index (χ4v) is 4.76. The van der Waals surface area contributed by atoms with Gasteiger partial charge in [0.15, 0.2) is 4.77 Å². The van der Waals surface area contributed by atoms with Gasteiger partial charge in [0.2, 0.25) is 5.91 Å². The van der Waals surface area contributed by atoms with Crippen LogP contribution < -0.4 is 10.9 Å². The number of para-hydroxylation sites is 1. The number of ether oxygens (including phenoxy) is 1. The van der Waals surface area contributed by atoms with Gasteiger partial charge in [0.05, 0.1) is 17.0 Å². The lowest BCUT2D eigenvalue weighted by Crippen LogP contribution is -2.66. The number of nitrogens with one attached hydrogen (secondary N) is 2. The second-order valence-electron chi connectivity index (χ2n) is 7.79. The third-order valence-corrected chi connectivity index (χ3v) is 6.19. The zero-order valence-corrected chi connectivity index (χ0v) is 15.8. The van der Waals surface area contributed by atoms with Crippen LogP contribution in [0.1, 0.15) is 26.7 Å². The Bertz CT molecular complexity index is 978. The average Bonchev–Trinajstić information content (AvgIpc) is 3.07. The van der Waals surface area contributed by atoms with E-state index in [0.717, 1.165) is 13.0 Å². The molecule has 0 spiro atoms. The van der Waals surface area contributed by atoms with Crippen molar-refractivity contribution in [3.05, 3.63) is 39.4 Å². The third-order valence-electron chi connectivity index (χ3n) is 5.87. The summed E-state index contributed by atoms with van der Waals surface area (Å²) in [4.78, 5) is 28.2. The Morgan fingerprint density at radius 3 is 3.00 bits per heavy atom. The Balaban J connectivity index is 1.46. The van der Waals surface area contributed by atoms with E-state index in [-0.39, 0.29) is 42.0 Å². The number of hydrogen-bond acceptors (Lipinski definition) is 4. The molecule has 2 aliphatic rings. The first-order valence-corrected chi connectivity index (χ1v) is 9.43. The van der Waals surface area contributed by atoms with Crippen LogP contribution in [-0.4, -0.2) is 34.2 Å². The van der Waals surface area contributed by atoms with Crippen molar-refractivity contribution in [1.82, 2.24) is 14.9 Å². The van der Waals surface area contributed by atoms with Gasteiger partial charge >= 0.3 is 0 Å². The van der Waals surface area contributed by atoms with Crippen LogP contribution in [0.15, 0.2) is 29.1 Å². The van der Waals surface area contributed by atoms with E-state index in [9.17, 15) is 9.59 Å². The largest absolute Gasteiger partial charge is 0.377 e. The summed E-state index contributed by atoms with van der Waals surface area (Å²) in [6.45, 7) is 5.30. The smallest absolute Gasteiger partial charge is 0.262 e. The molecule has 26 heavy (non-hydrogen) atoms. The van der Waals surface area contributed by atoms with Crippen LogP contribution in [0.25, 0.3) is 10.9 Å². The van der Waals surface area contributed by atoms with Gasteiger partial charge in [0, 0.05) is 36.9 Å². The molecule has 0 unspecified atom stereocenters. The number of rotatable bonds is 4. The molecular weight excluding hydrogens is 350 g/mol. The molecule has 2 aromatic rings. The van der Waals surface area contributed by atoms with Gasteiger partial charge in [-0.15, -0.1) is 0 Å². The Morgan fingerprint density at radius 1 is 1.42 bits per heavy atom. The van der Waals surface area contributed by atoms with Crippen molar-refractivity contribution in [2.75, 3.05) is 6.61 Å². The zero-order chi connectivity index (χ0) is 18.5. The SMILES string of the molecule is CC1(C)[C@H](NC(=O)CCn2c(=S)[nH]c3ccccc3c2=O)[C@H]2CCO[C@H]21. The van der Waals surface area contributed by atoms with Crippen molar-refractivity contribution in [3.8, 4) is 0 Å². The summed E-state index contributed by atoms with van der Waals surface area (Å²) in [7, 11) is 0. The molecule has 1 saturated carbocycles. The highest BCUT2D eigenvalue weighted by molar-refractivity contribution is 7.71. The molecule has 1 aromatic heterocycles. The molecule has 4 rings (SSSR count). The maximum absolute atomic E-state index is 12.6. The van der Waals surface area contributed by atoms with Crippen LogP contribution in [-0.2, 0) is 16.1 Å². The van der Waals surface area contributed by atoms with Crippen LogP contribution in [0.4, 0.5) is 0 Å². The summed E-state index contributed by atoms with van der Waals surface area (Å²) in [5.74, 6) is 0.350. The van der Waals surface area contributed by atoms with Gasteiger partial charge in [-0.05, 0) is 30.8 Å². The molecule has 2 heterocycles. The monoisotopic (exact) mass is 373 g/mol. The first-order valence-electron chi connectivity index (χ1n) is 9.02. The first kappa shape index (κ1) is 17.4. The number of nitrogens with zero attached hydrogens (tertiary/aromatic N) is 1. The van der Waals surface area contributed by atoms with E-state index in [1.165, 1.54) is 4.57 Å². The number of fused-ring (bicyclic) bond motifs is 2. The predicted octanol–water partition coefficient (Wildman–Crippen LogP) is 2.38. The Kier molecular flexibility index (Phi) is 4.23. The summed E-state index contributed by atoms with van der Waals surface area (Å²) in [6, 6.07) is 7.38. The van der Waals surface area contributed by atoms with Gasteiger partial charge in [0.1, 0.15) is 0 Å². The highest BCUT2D eigenvalue weighted by Gasteiger charge is 2.59. The van der Waals surface area contributed by atoms with Crippen LogP contribution >= 0.6 is 12.2 Å². The molecule has 0 radical (unpaired) electrons. The van der Waals surface area contributed by atoms with Crippen molar-refractivity contribution in [1.29, 1.82) is 0 Å². The van der Waals surface area contributed by atoms with Crippen LogP contribution in [0, 0.1) is 16.1 Å². The molecule has 7 heteroatoms. The molecule has 1 amide bonds. The fraction of sp³-hybridized carbons (Fsp3) is 0.526. The minimum Gasteiger partial charge on any atom is -0.377 e. The number of amides is 1. The minimum absolute atomic E-state index is 0.0480. The molecular formula is C19H23N3O3S. The molecule has 0 bridgehead atoms. The number of H-pyrrole nitrogens is 1. The topological polar surface area (TPSA) is 76.1 Å². The van der Waals surface area contributed by atoms with Crippen LogP contribution in [0.5, 0.6) is 0 Å². The summed E-state index contributed by atoms with van der Waals surface area (Å²) in [5, 5.41) is 3.72. The third kappa shape index (κ3) is 2.70. The number of carbonyl (C=O) groups excluding carboxylic acids is 1. The number of carbonyl (C=O) groups is 1. The van der Waals surface area contributed by atoms with Gasteiger partial charge in [-0.25, -0.2) is 0 Å². The lowest BCUT2D eigenvalue weighted by atomic mass is 9.57. The van der Waals surface area contributed by atoms with E-state index in [1.807, 2.05) is 18.2 Å². The second kappa shape index (κ2) is 6.32. The van der Waals surface area contributed by atoms with Gasteiger partial charge in [0.25, 0.3) is 5.56 Å². The van der Waals surface area contributed by atoms with E-state index in [4.69, 9.17) is 17.0 Å². The molecule has 2 N–H and O–H groups in total. The zero-order valence-electron chi connectivity index (χ0n) is 15.0. The summed E-state index contributed by atoms with van der Waals surface area (Å²) >= 11 is 5.30. The molecule has 1 aliphatic carbocycles. The van der Waals surface area contributed by atoms with Crippen molar-refractivity contribution in [2.45, 2.75) is 45.4 Å². The normalized spacial score (nSPS) is 26.3. The molecule has 1 saturated heterocycles. The van der Waals surface area contributed by atoms with Gasteiger partial charge < -0.3 is 15.0 Å². The maximum Gasteiger partial charge on any atom is 0.262 e. The maximum atomic E-state index is 12.6. The molecule has 138 valence electrons. The highest BCUT2D eigenvalue weighted by Crippen LogP contribution is 2.52. The number of hydrogen-bond donors (Lipinski definition) is 2. The lowest BCUT2D eigenvalue weighted by Gasteiger charge is -2.54. The van der Waals surface area contributed by atoms with Crippen LogP contribution in [0.2, 0.25) is 0 Å². The van der Waals surface area contributed by atoms with Crippen LogP contribution in [0.3, 0.4) is 0 Å². The number of aromatic nitrogens is 2. The summed E-state index contributed by atoms with van der Waals surface area (Å²) < 4.78 is 7.57.